The lowest BCUT2D eigenvalue weighted by atomic mass is 10.2. The fourth-order valence-corrected chi connectivity index (χ4v) is 1.56. The minimum atomic E-state index is -0.347. The van der Waals surface area contributed by atoms with E-state index in [1.165, 1.54) is 6.20 Å². The minimum absolute atomic E-state index is 0.196. The largest absolute Gasteiger partial charge is 0.350 e. The smallest absolute Gasteiger partial charge is 0.295 e. The lowest BCUT2D eigenvalue weighted by molar-refractivity contribution is 0.0990. The first-order chi connectivity index (χ1) is 8.34. The summed E-state index contributed by atoms with van der Waals surface area (Å²) < 4.78 is 5.03. The fourth-order valence-electron chi connectivity index (χ4n) is 1.56. The lowest BCUT2D eigenvalue weighted by Gasteiger charge is -1.97. The lowest BCUT2D eigenvalue weighted by Crippen LogP contribution is -2.10. The standard InChI is InChI=1S/C11H8N4O2/c16-11(14-7-5-12-13-6-7)10-8-3-1-2-4-9(8)15-17-10/h1-6H,(H,12,13)(H,14,16). The number of fused-ring (bicyclic) bond motifs is 1. The highest BCUT2D eigenvalue weighted by atomic mass is 16.5. The third-order valence-corrected chi connectivity index (χ3v) is 2.35. The average Bonchev–Trinajstić information content (AvgIpc) is 2.96. The summed E-state index contributed by atoms with van der Waals surface area (Å²) in [5.74, 6) is -0.151. The van der Waals surface area contributed by atoms with Crippen LogP contribution in [0.15, 0.2) is 41.2 Å². The van der Waals surface area contributed by atoms with Crippen LogP contribution in [0.2, 0.25) is 0 Å². The molecule has 84 valence electrons. The number of H-pyrrole nitrogens is 1. The Kier molecular flexibility index (Phi) is 2.11. The zero-order chi connectivity index (χ0) is 11.7. The van der Waals surface area contributed by atoms with Crippen LogP contribution in [0.1, 0.15) is 10.6 Å². The Balaban J connectivity index is 1.96. The van der Waals surface area contributed by atoms with Crippen LogP contribution in [0, 0.1) is 0 Å². The highest BCUT2D eigenvalue weighted by Gasteiger charge is 2.16. The number of amides is 1. The summed E-state index contributed by atoms with van der Waals surface area (Å²) in [7, 11) is 0. The van der Waals surface area contributed by atoms with Crippen LogP contribution in [0.4, 0.5) is 5.69 Å². The number of anilines is 1. The molecule has 0 bridgehead atoms. The molecule has 3 rings (SSSR count). The summed E-state index contributed by atoms with van der Waals surface area (Å²) in [5, 5.41) is 13.5. The van der Waals surface area contributed by atoms with Crippen molar-refractivity contribution in [2.75, 3.05) is 5.32 Å². The average molecular weight is 228 g/mol. The van der Waals surface area contributed by atoms with Crippen molar-refractivity contribution in [1.29, 1.82) is 0 Å². The number of carbonyl (C=O) groups is 1. The van der Waals surface area contributed by atoms with Gasteiger partial charge in [0.05, 0.1) is 17.3 Å². The second kappa shape index (κ2) is 3.75. The third kappa shape index (κ3) is 1.65. The molecule has 0 atom stereocenters. The van der Waals surface area contributed by atoms with Crippen LogP contribution in [-0.2, 0) is 0 Å². The Hall–Kier alpha value is -2.63. The zero-order valence-electron chi connectivity index (χ0n) is 8.68. The molecule has 2 N–H and O–H groups in total. The fraction of sp³-hybridized carbons (Fsp3) is 0. The molecule has 0 aliphatic heterocycles. The molecule has 6 nitrogen and oxygen atoms in total. The Morgan fingerprint density at radius 2 is 2.24 bits per heavy atom. The Bertz CT molecular complexity index is 657. The zero-order valence-corrected chi connectivity index (χ0v) is 8.68. The number of nitrogens with zero attached hydrogens (tertiary/aromatic N) is 2. The van der Waals surface area contributed by atoms with Gasteiger partial charge in [-0.2, -0.15) is 5.10 Å². The molecule has 1 aromatic carbocycles. The molecule has 6 heteroatoms. The van der Waals surface area contributed by atoms with Crippen molar-refractivity contribution in [2.24, 2.45) is 0 Å². The van der Waals surface area contributed by atoms with Gasteiger partial charge in [0.1, 0.15) is 5.52 Å². The van der Waals surface area contributed by atoms with Gasteiger partial charge < -0.3 is 9.84 Å². The Labute approximate surface area is 95.6 Å². The molecule has 0 radical (unpaired) electrons. The molecule has 1 amide bonds. The first-order valence-electron chi connectivity index (χ1n) is 4.99. The van der Waals surface area contributed by atoms with E-state index in [2.05, 4.69) is 20.7 Å². The van der Waals surface area contributed by atoms with Crippen molar-refractivity contribution in [1.82, 2.24) is 15.4 Å². The van der Waals surface area contributed by atoms with E-state index in [-0.39, 0.29) is 11.7 Å². The molecule has 0 fully saturated rings. The number of nitrogens with one attached hydrogen (secondary N) is 2. The van der Waals surface area contributed by atoms with Crippen molar-refractivity contribution in [3.63, 3.8) is 0 Å². The molecule has 0 aliphatic carbocycles. The van der Waals surface area contributed by atoms with Crippen LogP contribution >= 0.6 is 0 Å². The molecule has 0 aliphatic rings. The number of rotatable bonds is 2. The van der Waals surface area contributed by atoms with Gasteiger partial charge in [0.2, 0.25) is 5.76 Å². The predicted molar refractivity (Wildman–Crippen MR) is 60.5 cm³/mol. The normalized spacial score (nSPS) is 10.6. The van der Waals surface area contributed by atoms with E-state index < -0.39 is 0 Å². The van der Waals surface area contributed by atoms with Crippen LogP contribution in [-0.4, -0.2) is 21.3 Å². The van der Waals surface area contributed by atoms with Crippen molar-refractivity contribution >= 4 is 22.5 Å². The number of hydrogen-bond acceptors (Lipinski definition) is 4. The number of carbonyl (C=O) groups excluding carboxylic acids is 1. The first-order valence-corrected chi connectivity index (χ1v) is 4.99. The van der Waals surface area contributed by atoms with E-state index in [9.17, 15) is 4.79 Å². The van der Waals surface area contributed by atoms with Crippen molar-refractivity contribution in [3.05, 3.63) is 42.4 Å². The van der Waals surface area contributed by atoms with Gasteiger partial charge in [0, 0.05) is 6.20 Å². The van der Waals surface area contributed by atoms with Gasteiger partial charge in [-0.15, -0.1) is 0 Å². The van der Waals surface area contributed by atoms with Gasteiger partial charge >= 0.3 is 0 Å². The van der Waals surface area contributed by atoms with Crippen molar-refractivity contribution < 1.29 is 9.32 Å². The molecule has 2 aromatic heterocycles. The number of aromatic amines is 1. The topological polar surface area (TPSA) is 83.8 Å². The highest BCUT2D eigenvalue weighted by Crippen LogP contribution is 2.18. The van der Waals surface area contributed by atoms with E-state index in [1.54, 1.807) is 18.3 Å². The van der Waals surface area contributed by atoms with Gasteiger partial charge in [-0.25, -0.2) is 0 Å². The minimum Gasteiger partial charge on any atom is -0.350 e. The van der Waals surface area contributed by atoms with Gasteiger partial charge in [-0.3, -0.25) is 9.89 Å². The summed E-state index contributed by atoms with van der Waals surface area (Å²) in [6.45, 7) is 0. The molecular weight excluding hydrogens is 220 g/mol. The number of aromatic nitrogens is 3. The van der Waals surface area contributed by atoms with E-state index in [4.69, 9.17) is 4.52 Å². The van der Waals surface area contributed by atoms with Crippen LogP contribution < -0.4 is 5.32 Å². The third-order valence-electron chi connectivity index (χ3n) is 2.35. The summed E-state index contributed by atoms with van der Waals surface area (Å²) in [4.78, 5) is 11.9. The maximum atomic E-state index is 11.9. The van der Waals surface area contributed by atoms with Gasteiger partial charge in [0.25, 0.3) is 5.91 Å². The van der Waals surface area contributed by atoms with E-state index in [1.807, 2.05) is 12.1 Å². The van der Waals surface area contributed by atoms with Crippen molar-refractivity contribution in [2.45, 2.75) is 0 Å². The summed E-state index contributed by atoms with van der Waals surface area (Å²) >= 11 is 0. The number of benzene rings is 1. The van der Waals surface area contributed by atoms with Gasteiger partial charge in [-0.05, 0) is 12.1 Å². The van der Waals surface area contributed by atoms with Crippen molar-refractivity contribution in [3.8, 4) is 0 Å². The SMILES string of the molecule is O=C(Nc1cn[nH]c1)c1onc2ccccc12. The molecule has 0 unspecified atom stereocenters. The van der Waals surface area contributed by atoms with Crippen LogP contribution in [0.25, 0.3) is 10.9 Å². The monoisotopic (exact) mass is 228 g/mol. The van der Waals surface area contributed by atoms with Crippen LogP contribution in [0.5, 0.6) is 0 Å². The molecule has 3 aromatic rings. The molecular formula is C11H8N4O2. The Morgan fingerprint density at radius 1 is 1.35 bits per heavy atom. The van der Waals surface area contributed by atoms with Crippen LogP contribution in [0.3, 0.4) is 0 Å². The molecule has 0 saturated carbocycles. The second-order valence-electron chi connectivity index (χ2n) is 3.47. The molecule has 2 heterocycles. The predicted octanol–water partition coefficient (Wildman–Crippen LogP) is 1.80. The summed E-state index contributed by atoms with van der Waals surface area (Å²) in [6.07, 6.45) is 3.09. The molecule has 0 spiro atoms. The van der Waals surface area contributed by atoms with E-state index in [0.29, 0.717) is 16.6 Å². The highest BCUT2D eigenvalue weighted by molar-refractivity contribution is 6.10. The molecule has 0 saturated heterocycles. The van der Waals surface area contributed by atoms with E-state index in [0.717, 1.165) is 0 Å². The molecule has 17 heavy (non-hydrogen) atoms. The quantitative estimate of drug-likeness (QED) is 0.700. The number of hydrogen-bond donors (Lipinski definition) is 2. The Morgan fingerprint density at radius 3 is 3.06 bits per heavy atom. The summed E-state index contributed by atoms with van der Waals surface area (Å²) in [5.41, 5.74) is 1.24. The van der Waals surface area contributed by atoms with Gasteiger partial charge in [-0.1, -0.05) is 17.3 Å². The summed E-state index contributed by atoms with van der Waals surface area (Å²) in [6, 6.07) is 7.24. The first kappa shape index (κ1) is 9.59. The maximum Gasteiger partial charge on any atom is 0.295 e. The van der Waals surface area contributed by atoms with E-state index >= 15 is 0 Å². The maximum absolute atomic E-state index is 11.9. The second-order valence-corrected chi connectivity index (χ2v) is 3.47. The van der Waals surface area contributed by atoms with Gasteiger partial charge in [0.15, 0.2) is 0 Å².